The zero-order chi connectivity index (χ0) is 15.4. The molecule has 0 radical (unpaired) electrons. The van der Waals surface area contributed by atoms with Crippen molar-refractivity contribution in [1.82, 2.24) is 5.43 Å². The van der Waals surface area contributed by atoms with Crippen LogP contribution in [0.4, 0.5) is 18.9 Å². The number of hydrogen-bond acceptors (Lipinski definition) is 4. The average molecular weight is 364 g/mol. The van der Waals surface area contributed by atoms with Crippen molar-refractivity contribution < 1.29 is 22.7 Å². The summed E-state index contributed by atoms with van der Waals surface area (Å²) in [5.74, 6) is 0.190. The lowest BCUT2D eigenvalue weighted by molar-refractivity contribution is -0.138. The van der Waals surface area contributed by atoms with Gasteiger partial charge in [0.1, 0.15) is 18.4 Å². The van der Waals surface area contributed by atoms with Crippen molar-refractivity contribution in [2.24, 2.45) is 5.10 Å². The predicted molar refractivity (Wildman–Crippen MR) is 72.2 cm³/mol. The van der Waals surface area contributed by atoms with Crippen molar-refractivity contribution in [3.8, 4) is 5.75 Å². The van der Waals surface area contributed by atoms with Gasteiger partial charge in [0.05, 0.1) is 11.3 Å². The molecule has 2 aliphatic rings. The highest BCUT2D eigenvalue weighted by atomic mass is 79.9. The van der Waals surface area contributed by atoms with Crippen LogP contribution in [0.5, 0.6) is 5.75 Å². The number of hydrogen-bond donors (Lipinski definition) is 1. The number of anilines is 1. The average Bonchev–Trinajstić information content (AvgIpc) is 2.40. The van der Waals surface area contributed by atoms with E-state index in [-0.39, 0.29) is 22.7 Å². The van der Waals surface area contributed by atoms with Gasteiger partial charge in [-0.25, -0.2) is 5.43 Å². The van der Waals surface area contributed by atoms with Gasteiger partial charge in [0.2, 0.25) is 0 Å². The Balaban J connectivity index is 2.14. The van der Waals surface area contributed by atoms with Crippen LogP contribution in [-0.2, 0) is 11.0 Å². The molecule has 2 heterocycles. The van der Waals surface area contributed by atoms with Crippen molar-refractivity contribution >= 4 is 33.4 Å². The topological polar surface area (TPSA) is 53.9 Å². The molecule has 1 aromatic carbocycles. The van der Waals surface area contributed by atoms with Gasteiger partial charge in [-0.05, 0) is 19.1 Å². The summed E-state index contributed by atoms with van der Waals surface area (Å²) in [4.78, 5) is 13.2. The Bertz CT molecular complexity index is 660. The molecule has 0 saturated carbocycles. The van der Waals surface area contributed by atoms with E-state index in [0.717, 1.165) is 6.07 Å². The Kier molecular flexibility index (Phi) is 3.12. The summed E-state index contributed by atoms with van der Waals surface area (Å²) >= 11 is 2.92. The fourth-order valence-corrected chi connectivity index (χ4v) is 2.82. The van der Waals surface area contributed by atoms with Crippen LogP contribution in [0.15, 0.2) is 21.7 Å². The van der Waals surface area contributed by atoms with Gasteiger partial charge in [0.25, 0.3) is 5.91 Å². The summed E-state index contributed by atoms with van der Waals surface area (Å²) in [6, 6.07) is 1.64. The van der Waals surface area contributed by atoms with Crippen LogP contribution < -0.4 is 15.1 Å². The zero-order valence-electron chi connectivity index (χ0n) is 10.7. The van der Waals surface area contributed by atoms with E-state index < -0.39 is 17.8 Å². The Morgan fingerprint density at radius 2 is 2.19 bits per heavy atom. The van der Waals surface area contributed by atoms with Gasteiger partial charge in [0.15, 0.2) is 5.84 Å². The number of ether oxygens (including phenoxy) is 1. The number of rotatable bonds is 0. The monoisotopic (exact) mass is 363 g/mol. The molecule has 1 unspecified atom stereocenters. The fourth-order valence-electron chi connectivity index (χ4n) is 2.26. The highest BCUT2D eigenvalue weighted by Gasteiger charge is 2.39. The van der Waals surface area contributed by atoms with E-state index in [0.29, 0.717) is 11.5 Å². The van der Waals surface area contributed by atoms with Crippen molar-refractivity contribution in [3.63, 3.8) is 0 Å². The lowest BCUT2D eigenvalue weighted by Crippen LogP contribution is -2.55. The minimum absolute atomic E-state index is 0.00342. The van der Waals surface area contributed by atoms with E-state index in [1.807, 2.05) is 0 Å². The number of hydrazone groups is 1. The van der Waals surface area contributed by atoms with Gasteiger partial charge in [-0.1, -0.05) is 15.9 Å². The molecule has 1 aromatic rings. The Labute approximate surface area is 125 Å². The number of alkyl halides is 3. The summed E-state index contributed by atoms with van der Waals surface area (Å²) in [7, 11) is 0. The number of nitrogens with one attached hydrogen (secondary N) is 1. The summed E-state index contributed by atoms with van der Waals surface area (Å²) in [5, 5.41) is 3.86. The second-order valence-electron chi connectivity index (χ2n) is 4.64. The Hall–Kier alpha value is -1.77. The molecule has 112 valence electrons. The molecule has 0 aromatic heterocycles. The zero-order valence-corrected chi connectivity index (χ0v) is 12.2. The van der Waals surface area contributed by atoms with Gasteiger partial charge in [0, 0.05) is 4.47 Å². The molecule has 9 heteroatoms. The number of amidine groups is 1. The van der Waals surface area contributed by atoms with Crippen LogP contribution in [0, 0.1) is 0 Å². The quantitative estimate of drug-likeness (QED) is 0.770. The summed E-state index contributed by atoms with van der Waals surface area (Å²) < 4.78 is 43.9. The number of nitrogens with zero attached hydrogens (tertiary/aromatic N) is 2. The highest BCUT2D eigenvalue weighted by molar-refractivity contribution is 9.10. The summed E-state index contributed by atoms with van der Waals surface area (Å²) in [6.45, 7) is 1.64. The van der Waals surface area contributed by atoms with Crippen LogP contribution >= 0.6 is 15.9 Å². The van der Waals surface area contributed by atoms with Gasteiger partial charge in [-0.15, -0.1) is 0 Å². The van der Waals surface area contributed by atoms with Gasteiger partial charge < -0.3 is 9.64 Å². The van der Waals surface area contributed by atoms with Crippen molar-refractivity contribution in [3.05, 3.63) is 22.2 Å². The maximum Gasteiger partial charge on any atom is 0.417 e. The molecule has 1 amide bonds. The van der Waals surface area contributed by atoms with Crippen LogP contribution in [-0.4, -0.2) is 24.4 Å². The molecule has 0 aliphatic carbocycles. The number of amides is 1. The van der Waals surface area contributed by atoms with E-state index in [4.69, 9.17) is 4.74 Å². The lowest BCUT2D eigenvalue weighted by Gasteiger charge is -2.38. The third kappa shape index (κ3) is 2.25. The molecule has 5 nitrogen and oxygen atoms in total. The van der Waals surface area contributed by atoms with Gasteiger partial charge in [-0.3, -0.25) is 4.79 Å². The molecule has 21 heavy (non-hydrogen) atoms. The Morgan fingerprint density at radius 3 is 2.86 bits per heavy atom. The van der Waals surface area contributed by atoms with Crippen LogP contribution in [0.25, 0.3) is 0 Å². The molecule has 1 atom stereocenters. The van der Waals surface area contributed by atoms with Crippen molar-refractivity contribution in [1.29, 1.82) is 0 Å². The molecule has 1 N–H and O–H groups in total. The van der Waals surface area contributed by atoms with E-state index in [1.54, 1.807) is 11.8 Å². The first kappa shape index (κ1) is 14.2. The lowest BCUT2D eigenvalue weighted by atomic mass is 10.1. The fraction of sp³-hybridized carbons (Fsp3) is 0.333. The van der Waals surface area contributed by atoms with Crippen molar-refractivity contribution in [2.75, 3.05) is 11.5 Å². The minimum Gasteiger partial charge on any atom is -0.483 e. The number of fused-ring (bicyclic) bond motifs is 3. The summed E-state index contributed by atoms with van der Waals surface area (Å²) in [5.41, 5.74) is 1.90. The largest absolute Gasteiger partial charge is 0.483 e. The second-order valence-corrected chi connectivity index (χ2v) is 5.49. The van der Waals surface area contributed by atoms with E-state index in [1.165, 1.54) is 6.07 Å². The molecule has 2 aliphatic heterocycles. The van der Waals surface area contributed by atoms with Crippen LogP contribution in [0.1, 0.15) is 12.5 Å². The SMILES string of the molecule is CC1C(=O)NN=C2COc3cc(C(F)(F)F)c(Br)cc3N21. The standard InChI is InChI=1S/C12H9BrF3N3O2/c1-5-11(20)18-17-10-4-21-9-2-6(12(14,15)16)7(13)3-8(9)19(5)10/h2-3,5H,4H2,1H3,(H,18,20). The number of halogens is 4. The maximum atomic E-state index is 12.9. The van der Waals surface area contributed by atoms with E-state index >= 15 is 0 Å². The third-order valence-electron chi connectivity index (χ3n) is 3.31. The molecule has 0 fully saturated rings. The van der Waals surface area contributed by atoms with Crippen LogP contribution in [0.3, 0.4) is 0 Å². The third-order valence-corrected chi connectivity index (χ3v) is 3.97. The number of carbonyl (C=O) groups is 1. The summed E-state index contributed by atoms with van der Waals surface area (Å²) in [6.07, 6.45) is -4.49. The predicted octanol–water partition coefficient (Wildman–Crippen LogP) is 2.50. The normalized spacial score (nSPS) is 21.0. The second kappa shape index (κ2) is 4.62. The first-order valence-corrected chi connectivity index (χ1v) is 6.77. The van der Waals surface area contributed by atoms with Crippen LogP contribution in [0.2, 0.25) is 0 Å². The van der Waals surface area contributed by atoms with Crippen molar-refractivity contribution in [2.45, 2.75) is 19.1 Å². The van der Waals surface area contributed by atoms with E-state index in [2.05, 4.69) is 26.5 Å². The number of benzene rings is 1. The molecule has 0 bridgehead atoms. The van der Waals surface area contributed by atoms with Gasteiger partial charge in [-0.2, -0.15) is 18.3 Å². The molecule has 0 spiro atoms. The first-order chi connectivity index (χ1) is 9.79. The minimum atomic E-state index is -4.49. The molecular weight excluding hydrogens is 355 g/mol. The smallest absolute Gasteiger partial charge is 0.417 e. The highest BCUT2D eigenvalue weighted by Crippen LogP contribution is 2.43. The van der Waals surface area contributed by atoms with Gasteiger partial charge >= 0.3 is 6.18 Å². The molecular formula is C12H9BrF3N3O2. The maximum absolute atomic E-state index is 12.9. The number of carbonyl (C=O) groups excluding carboxylic acids is 1. The molecule has 3 rings (SSSR count). The molecule has 0 saturated heterocycles. The Morgan fingerprint density at radius 1 is 1.48 bits per heavy atom. The first-order valence-electron chi connectivity index (χ1n) is 5.98. The van der Waals surface area contributed by atoms with E-state index in [9.17, 15) is 18.0 Å².